The molecule has 0 aliphatic carbocycles. The second-order valence-corrected chi connectivity index (χ2v) is 5.91. The largest absolute Gasteiger partial charge is 0.342 e. The maximum Gasteiger partial charge on any atom is 0.226 e. The number of carbonyl (C=O) groups excluding carboxylic acids is 1. The standard InChI is InChI=1S/C14H27N3O/c1-12(10-15)14(18)17-8-4-13(5-9-17)11-16-6-2-3-7-16/h12-13H,2-11,15H2,1H3. The summed E-state index contributed by atoms with van der Waals surface area (Å²) in [5.74, 6) is 1.03. The third-order valence-electron chi connectivity index (χ3n) is 4.42. The zero-order chi connectivity index (χ0) is 13.0. The van der Waals surface area contributed by atoms with Crippen LogP contribution in [0.25, 0.3) is 0 Å². The topological polar surface area (TPSA) is 49.6 Å². The van der Waals surface area contributed by atoms with E-state index in [1.807, 2.05) is 11.8 Å². The van der Waals surface area contributed by atoms with Gasteiger partial charge in [0, 0.05) is 32.1 Å². The number of nitrogens with two attached hydrogens (primary N) is 1. The third-order valence-corrected chi connectivity index (χ3v) is 4.42. The molecule has 2 rings (SSSR count). The van der Waals surface area contributed by atoms with E-state index in [1.54, 1.807) is 0 Å². The zero-order valence-electron chi connectivity index (χ0n) is 11.6. The molecule has 0 bridgehead atoms. The lowest BCUT2D eigenvalue weighted by Gasteiger charge is -2.35. The first-order chi connectivity index (χ1) is 8.70. The van der Waals surface area contributed by atoms with Crippen LogP contribution in [0.5, 0.6) is 0 Å². The van der Waals surface area contributed by atoms with E-state index in [0.717, 1.165) is 19.0 Å². The molecular weight excluding hydrogens is 226 g/mol. The second kappa shape index (κ2) is 6.53. The van der Waals surface area contributed by atoms with Crippen molar-refractivity contribution in [2.75, 3.05) is 39.3 Å². The van der Waals surface area contributed by atoms with E-state index in [1.165, 1.54) is 45.3 Å². The van der Waals surface area contributed by atoms with Crippen LogP contribution in [0, 0.1) is 11.8 Å². The molecule has 104 valence electrons. The summed E-state index contributed by atoms with van der Waals surface area (Å²) in [6.45, 7) is 8.07. The minimum absolute atomic E-state index is 0.0138. The van der Waals surface area contributed by atoms with Crippen LogP contribution in [0.1, 0.15) is 32.6 Å². The Kier molecular flexibility index (Phi) is 5.01. The number of nitrogens with zero attached hydrogens (tertiary/aromatic N) is 2. The zero-order valence-corrected chi connectivity index (χ0v) is 11.6. The number of hydrogen-bond donors (Lipinski definition) is 1. The van der Waals surface area contributed by atoms with Gasteiger partial charge in [0.15, 0.2) is 0 Å². The highest BCUT2D eigenvalue weighted by Crippen LogP contribution is 2.21. The maximum atomic E-state index is 12.0. The van der Waals surface area contributed by atoms with E-state index in [4.69, 9.17) is 5.73 Å². The molecule has 1 atom stereocenters. The molecular formula is C14H27N3O. The van der Waals surface area contributed by atoms with Gasteiger partial charge < -0.3 is 15.5 Å². The fourth-order valence-corrected chi connectivity index (χ4v) is 3.08. The van der Waals surface area contributed by atoms with Crippen molar-refractivity contribution >= 4 is 5.91 Å². The summed E-state index contributed by atoms with van der Waals surface area (Å²) < 4.78 is 0. The molecule has 2 aliphatic heterocycles. The van der Waals surface area contributed by atoms with Gasteiger partial charge in [0.05, 0.1) is 0 Å². The lowest BCUT2D eigenvalue weighted by Crippen LogP contribution is -2.44. The second-order valence-electron chi connectivity index (χ2n) is 5.91. The molecule has 2 N–H and O–H groups in total. The minimum Gasteiger partial charge on any atom is -0.342 e. The Hall–Kier alpha value is -0.610. The Balaban J connectivity index is 1.72. The summed E-state index contributed by atoms with van der Waals surface area (Å²) in [6, 6.07) is 0. The van der Waals surface area contributed by atoms with Crippen molar-refractivity contribution in [3.63, 3.8) is 0 Å². The molecule has 0 radical (unpaired) electrons. The van der Waals surface area contributed by atoms with Gasteiger partial charge in [-0.2, -0.15) is 0 Å². The molecule has 4 nitrogen and oxygen atoms in total. The van der Waals surface area contributed by atoms with Gasteiger partial charge in [0.25, 0.3) is 0 Å². The van der Waals surface area contributed by atoms with Gasteiger partial charge in [0.2, 0.25) is 5.91 Å². The van der Waals surface area contributed by atoms with Crippen molar-refractivity contribution in [2.24, 2.45) is 17.6 Å². The number of carbonyl (C=O) groups is 1. The van der Waals surface area contributed by atoms with Crippen LogP contribution in [0.3, 0.4) is 0 Å². The van der Waals surface area contributed by atoms with Crippen LogP contribution in [0.2, 0.25) is 0 Å². The van der Waals surface area contributed by atoms with Gasteiger partial charge in [-0.15, -0.1) is 0 Å². The van der Waals surface area contributed by atoms with E-state index < -0.39 is 0 Å². The molecule has 0 aromatic rings. The highest BCUT2D eigenvalue weighted by molar-refractivity contribution is 5.78. The monoisotopic (exact) mass is 253 g/mol. The molecule has 0 aromatic carbocycles. The van der Waals surface area contributed by atoms with Gasteiger partial charge in [-0.1, -0.05) is 6.92 Å². The molecule has 2 saturated heterocycles. The normalized spacial score (nSPS) is 24.4. The first-order valence-electron chi connectivity index (χ1n) is 7.42. The Labute approximate surface area is 110 Å². The Morgan fingerprint density at radius 2 is 1.83 bits per heavy atom. The molecule has 18 heavy (non-hydrogen) atoms. The minimum atomic E-state index is -0.0138. The highest BCUT2D eigenvalue weighted by Gasteiger charge is 2.26. The summed E-state index contributed by atoms with van der Waals surface area (Å²) in [6.07, 6.45) is 5.07. The SMILES string of the molecule is CC(CN)C(=O)N1CCC(CN2CCCC2)CC1. The Morgan fingerprint density at radius 3 is 2.39 bits per heavy atom. The molecule has 0 aromatic heterocycles. The fourth-order valence-electron chi connectivity index (χ4n) is 3.08. The number of likely N-dealkylation sites (tertiary alicyclic amines) is 2. The summed E-state index contributed by atoms with van der Waals surface area (Å²) in [5, 5.41) is 0. The van der Waals surface area contributed by atoms with Gasteiger partial charge in [0.1, 0.15) is 0 Å². The quantitative estimate of drug-likeness (QED) is 0.810. The van der Waals surface area contributed by atoms with Crippen molar-refractivity contribution in [3.05, 3.63) is 0 Å². The molecule has 1 amide bonds. The highest BCUT2D eigenvalue weighted by atomic mass is 16.2. The Bertz CT molecular complexity index is 268. The molecule has 0 spiro atoms. The van der Waals surface area contributed by atoms with Crippen molar-refractivity contribution in [1.82, 2.24) is 9.80 Å². The number of piperidine rings is 1. The van der Waals surface area contributed by atoms with Crippen LogP contribution < -0.4 is 5.73 Å². The van der Waals surface area contributed by atoms with E-state index in [2.05, 4.69) is 4.90 Å². The van der Waals surface area contributed by atoms with Crippen LogP contribution >= 0.6 is 0 Å². The van der Waals surface area contributed by atoms with E-state index in [9.17, 15) is 4.79 Å². The van der Waals surface area contributed by atoms with Gasteiger partial charge in [-0.25, -0.2) is 0 Å². The predicted molar refractivity (Wildman–Crippen MR) is 73.2 cm³/mol. The van der Waals surface area contributed by atoms with Crippen molar-refractivity contribution in [2.45, 2.75) is 32.6 Å². The predicted octanol–water partition coefficient (Wildman–Crippen LogP) is 0.916. The number of amides is 1. The summed E-state index contributed by atoms with van der Waals surface area (Å²) in [4.78, 5) is 16.6. The van der Waals surface area contributed by atoms with E-state index in [-0.39, 0.29) is 11.8 Å². The van der Waals surface area contributed by atoms with Crippen LogP contribution in [0.4, 0.5) is 0 Å². The average molecular weight is 253 g/mol. The summed E-state index contributed by atoms with van der Waals surface area (Å²) in [7, 11) is 0. The number of hydrogen-bond acceptors (Lipinski definition) is 3. The lowest BCUT2D eigenvalue weighted by atomic mass is 9.95. The van der Waals surface area contributed by atoms with Gasteiger partial charge in [-0.05, 0) is 44.7 Å². The first-order valence-corrected chi connectivity index (χ1v) is 7.42. The molecule has 1 unspecified atom stereocenters. The smallest absolute Gasteiger partial charge is 0.226 e. The van der Waals surface area contributed by atoms with Crippen LogP contribution in [-0.4, -0.2) is 55.0 Å². The molecule has 0 saturated carbocycles. The third kappa shape index (κ3) is 3.45. The average Bonchev–Trinajstić information content (AvgIpc) is 2.91. The van der Waals surface area contributed by atoms with E-state index in [0.29, 0.717) is 6.54 Å². The van der Waals surface area contributed by atoms with Gasteiger partial charge >= 0.3 is 0 Å². The van der Waals surface area contributed by atoms with Gasteiger partial charge in [-0.3, -0.25) is 4.79 Å². The van der Waals surface area contributed by atoms with Crippen molar-refractivity contribution in [3.8, 4) is 0 Å². The molecule has 4 heteroatoms. The molecule has 2 heterocycles. The fraction of sp³-hybridized carbons (Fsp3) is 0.929. The molecule has 2 fully saturated rings. The van der Waals surface area contributed by atoms with E-state index >= 15 is 0 Å². The Morgan fingerprint density at radius 1 is 1.22 bits per heavy atom. The van der Waals surface area contributed by atoms with Crippen LogP contribution in [0.15, 0.2) is 0 Å². The lowest BCUT2D eigenvalue weighted by molar-refractivity contribution is -0.136. The van der Waals surface area contributed by atoms with Crippen molar-refractivity contribution < 1.29 is 4.79 Å². The first kappa shape index (κ1) is 13.8. The van der Waals surface area contributed by atoms with Crippen LogP contribution in [-0.2, 0) is 4.79 Å². The summed E-state index contributed by atoms with van der Waals surface area (Å²) in [5.41, 5.74) is 5.56. The van der Waals surface area contributed by atoms with Crippen molar-refractivity contribution in [1.29, 1.82) is 0 Å². The molecule has 2 aliphatic rings. The summed E-state index contributed by atoms with van der Waals surface area (Å²) >= 11 is 0. The maximum absolute atomic E-state index is 12.0. The number of rotatable bonds is 4.